The van der Waals surface area contributed by atoms with Crippen molar-refractivity contribution in [2.75, 3.05) is 27.2 Å². The van der Waals surface area contributed by atoms with Crippen molar-refractivity contribution in [1.82, 2.24) is 14.8 Å². The van der Waals surface area contributed by atoms with Crippen molar-refractivity contribution >= 4 is 29.1 Å². The third kappa shape index (κ3) is 3.38. The standard InChI is InChI=1S/C13H17Cl2N3O/c1-17-7-5-9(6-8-17)18(2)13(19)12-10(14)3-4-11(15)16-12/h3-4,9H,5-8H2,1-2H3. The van der Waals surface area contributed by atoms with Crippen LogP contribution in [-0.2, 0) is 0 Å². The van der Waals surface area contributed by atoms with Crippen LogP contribution in [0.25, 0.3) is 0 Å². The minimum absolute atomic E-state index is 0.165. The maximum Gasteiger partial charge on any atom is 0.274 e. The van der Waals surface area contributed by atoms with Gasteiger partial charge in [0.25, 0.3) is 5.91 Å². The molecule has 1 amide bonds. The number of rotatable bonds is 2. The summed E-state index contributed by atoms with van der Waals surface area (Å²) in [5, 5.41) is 0.624. The van der Waals surface area contributed by atoms with Gasteiger partial charge >= 0.3 is 0 Å². The van der Waals surface area contributed by atoms with Gasteiger partial charge in [-0.25, -0.2) is 4.98 Å². The van der Waals surface area contributed by atoms with Crippen LogP contribution in [0.2, 0.25) is 10.2 Å². The first-order valence-electron chi connectivity index (χ1n) is 6.27. The maximum absolute atomic E-state index is 12.4. The van der Waals surface area contributed by atoms with E-state index in [-0.39, 0.29) is 22.8 Å². The van der Waals surface area contributed by atoms with Crippen molar-refractivity contribution in [1.29, 1.82) is 0 Å². The van der Waals surface area contributed by atoms with Crippen molar-refractivity contribution in [3.05, 3.63) is 28.0 Å². The van der Waals surface area contributed by atoms with E-state index in [0.29, 0.717) is 5.02 Å². The highest BCUT2D eigenvalue weighted by Crippen LogP contribution is 2.21. The van der Waals surface area contributed by atoms with Gasteiger partial charge in [-0.05, 0) is 45.1 Å². The Hall–Kier alpha value is -0.840. The van der Waals surface area contributed by atoms with Crippen LogP contribution >= 0.6 is 23.2 Å². The summed E-state index contributed by atoms with van der Waals surface area (Å²) >= 11 is 11.8. The number of carbonyl (C=O) groups excluding carboxylic acids is 1. The Bertz CT molecular complexity index is 473. The van der Waals surface area contributed by atoms with E-state index in [1.165, 1.54) is 0 Å². The molecule has 2 rings (SSSR count). The molecule has 0 saturated carbocycles. The summed E-state index contributed by atoms with van der Waals surface area (Å²) in [6, 6.07) is 3.42. The maximum atomic E-state index is 12.4. The first-order chi connectivity index (χ1) is 8.99. The summed E-state index contributed by atoms with van der Waals surface area (Å²) in [6.07, 6.45) is 1.94. The number of carbonyl (C=O) groups is 1. The number of likely N-dealkylation sites (tertiary alicyclic amines) is 1. The van der Waals surface area contributed by atoms with Crippen LogP contribution in [0.3, 0.4) is 0 Å². The number of piperidine rings is 1. The average Bonchev–Trinajstić information content (AvgIpc) is 2.41. The molecule has 1 aromatic rings. The highest BCUT2D eigenvalue weighted by Gasteiger charge is 2.26. The van der Waals surface area contributed by atoms with E-state index in [1.54, 1.807) is 24.1 Å². The first kappa shape index (κ1) is 14.6. The van der Waals surface area contributed by atoms with E-state index in [4.69, 9.17) is 23.2 Å². The molecule has 4 nitrogen and oxygen atoms in total. The zero-order valence-electron chi connectivity index (χ0n) is 11.1. The van der Waals surface area contributed by atoms with Gasteiger partial charge < -0.3 is 9.80 Å². The summed E-state index contributed by atoms with van der Waals surface area (Å²) < 4.78 is 0. The lowest BCUT2D eigenvalue weighted by molar-refractivity contribution is 0.0654. The number of nitrogens with zero attached hydrogens (tertiary/aromatic N) is 3. The van der Waals surface area contributed by atoms with Crippen molar-refractivity contribution in [3.63, 3.8) is 0 Å². The van der Waals surface area contributed by atoms with Crippen molar-refractivity contribution in [2.24, 2.45) is 0 Å². The van der Waals surface area contributed by atoms with Crippen molar-refractivity contribution < 1.29 is 4.79 Å². The number of halogens is 2. The zero-order valence-corrected chi connectivity index (χ0v) is 12.6. The van der Waals surface area contributed by atoms with Gasteiger partial charge in [-0.15, -0.1) is 0 Å². The minimum atomic E-state index is -0.165. The summed E-state index contributed by atoms with van der Waals surface area (Å²) in [7, 11) is 3.89. The van der Waals surface area contributed by atoms with E-state index in [1.807, 2.05) is 0 Å². The van der Waals surface area contributed by atoms with Gasteiger partial charge in [-0.3, -0.25) is 4.79 Å². The fourth-order valence-corrected chi connectivity index (χ4v) is 2.62. The molecule has 0 aliphatic carbocycles. The molecule has 0 unspecified atom stereocenters. The van der Waals surface area contributed by atoms with Crippen molar-refractivity contribution in [2.45, 2.75) is 18.9 Å². The monoisotopic (exact) mass is 301 g/mol. The number of hydrogen-bond donors (Lipinski definition) is 0. The Morgan fingerprint density at radius 1 is 1.37 bits per heavy atom. The summed E-state index contributed by atoms with van der Waals surface area (Å²) in [5.74, 6) is -0.165. The normalized spacial score (nSPS) is 17.5. The van der Waals surface area contributed by atoms with Gasteiger partial charge in [0.1, 0.15) is 10.8 Å². The highest BCUT2D eigenvalue weighted by atomic mass is 35.5. The number of aromatic nitrogens is 1. The Balaban J connectivity index is 2.12. The predicted octanol–water partition coefficient (Wildman–Crippen LogP) is 2.55. The number of hydrogen-bond acceptors (Lipinski definition) is 3. The summed E-state index contributed by atoms with van der Waals surface area (Å²) in [6.45, 7) is 2.00. The van der Waals surface area contributed by atoms with Gasteiger partial charge in [-0.2, -0.15) is 0 Å². The quantitative estimate of drug-likeness (QED) is 0.788. The second kappa shape index (κ2) is 6.07. The van der Waals surface area contributed by atoms with Crippen LogP contribution in [0.1, 0.15) is 23.3 Å². The minimum Gasteiger partial charge on any atom is -0.337 e. The molecule has 0 bridgehead atoms. The molecule has 0 atom stereocenters. The molecule has 1 aliphatic rings. The molecule has 2 heterocycles. The largest absolute Gasteiger partial charge is 0.337 e. The number of amides is 1. The van der Waals surface area contributed by atoms with Crippen LogP contribution in [0.15, 0.2) is 12.1 Å². The van der Waals surface area contributed by atoms with E-state index in [9.17, 15) is 4.79 Å². The molecule has 0 N–H and O–H groups in total. The van der Waals surface area contributed by atoms with Crippen LogP contribution in [0.5, 0.6) is 0 Å². The molecule has 1 aromatic heterocycles. The van der Waals surface area contributed by atoms with E-state index in [0.717, 1.165) is 25.9 Å². The van der Waals surface area contributed by atoms with Crippen LogP contribution in [-0.4, -0.2) is 53.9 Å². The number of pyridine rings is 1. The van der Waals surface area contributed by atoms with Crippen LogP contribution in [0, 0.1) is 0 Å². The van der Waals surface area contributed by atoms with Gasteiger partial charge in [-0.1, -0.05) is 23.2 Å². The summed E-state index contributed by atoms with van der Waals surface area (Å²) in [4.78, 5) is 20.4. The molecule has 1 saturated heterocycles. The first-order valence-corrected chi connectivity index (χ1v) is 7.02. The van der Waals surface area contributed by atoms with Crippen LogP contribution in [0.4, 0.5) is 0 Å². The van der Waals surface area contributed by atoms with Gasteiger partial charge in [0.2, 0.25) is 0 Å². The average molecular weight is 302 g/mol. The lowest BCUT2D eigenvalue weighted by atomic mass is 10.0. The molecular formula is C13H17Cl2N3O. The fraction of sp³-hybridized carbons (Fsp3) is 0.538. The van der Waals surface area contributed by atoms with Crippen molar-refractivity contribution in [3.8, 4) is 0 Å². The second-order valence-electron chi connectivity index (χ2n) is 4.91. The third-order valence-electron chi connectivity index (χ3n) is 3.57. The third-order valence-corrected chi connectivity index (χ3v) is 4.09. The molecule has 104 valence electrons. The highest BCUT2D eigenvalue weighted by molar-refractivity contribution is 6.34. The van der Waals surface area contributed by atoms with Gasteiger partial charge in [0, 0.05) is 13.1 Å². The fourth-order valence-electron chi connectivity index (χ4n) is 2.28. The molecule has 0 aromatic carbocycles. The van der Waals surface area contributed by atoms with Crippen LogP contribution < -0.4 is 0 Å². The lowest BCUT2D eigenvalue weighted by Gasteiger charge is -2.35. The SMILES string of the molecule is CN1CCC(N(C)C(=O)c2nc(Cl)ccc2Cl)CC1. The predicted molar refractivity (Wildman–Crippen MR) is 76.9 cm³/mol. The molecule has 1 fully saturated rings. The van der Waals surface area contributed by atoms with E-state index in [2.05, 4.69) is 16.9 Å². The Kier molecular flexibility index (Phi) is 4.66. The molecule has 6 heteroatoms. The molecular weight excluding hydrogens is 285 g/mol. The smallest absolute Gasteiger partial charge is 0.274 e. The molecule has 0 radical (unpaired) electrons. The van der Waals surface area contributed by atoms with E-state index < -0.39 is 0 Å². The molecule has 0 spiro atoms. The topological polar surface area (TPSA) is 36.4 Å². The Morgan fingerprint density at radius 3 is 2.63 bits per heavy atom. The molecule has 1 aliphatic heterocycles. The van der Waals surface area contributed by atoms with E-state index >= 15 is 0 Å². The Labute approximate surface area is 123 Å². The Morgan fingerprint density at radius 2 is 2.00 bits per heavy atom. The molecule has 19 heavy (non-hydrogen) atoms. The van der Waals surface area contributed by atoms with Gasteiger partial charge in [0.05, 0.1) is 5.02 Å². The summed E-state index contributed by atoms with van der Waals surface area (Å²) in [5.41, 5.74) is 0.232. The van der Waals surface area contributed by atoms with Gasteiger partial charge in [0.15, 0.2) is 0 Å². The second-order valence-corrected chi connectivity index (χ2v) is 5.71. The zero-order chi connectivity index (χ0) is 14.0. The lowest BCUT2D eigenvalue weighted by Crippen LogP contribution is -2.44.